The summed E-state index contributed by atoms with van der Waals surface area (Å²) in [6.45, 7) is 2.54. The average molecular weight is 401 g/mol. The van der Waals surface area contributed by atoms with Crippen molar-refractivity contribution in [1.82, 2.24) is 10.6 Å². The number of ether oxygens (including phenoxy) is 2. The minimum atomic E-state index is -0.841. The highest BCUT2D eigenvalue weighted by molar-refractivity contribution is 6.31. The van der Waals surface area contributed by atoms with E-state index in [9.17, 15) is 14.4 Å². The van der Waals surface area contributed by atoms with Gasteiger partial charge >= 0.3 is 6.03 Å². The van der Waals surface area contributed by atoms with Crippen LogP contribution < -0.4 is 20.1 Å². The fourth-order valence-corrected chi connectivity index (χ4v) is 2.78. The molecule has 0 radical (unpaired) electrons. The lowest BCUT2D eigenvalue weighted by Gasteiger charge is -2.15. The van der Waals surface area contributed by atoms with Gasteiger partial charge in [0.15, 0.2) is 11.5 Å². The van der Waals surface area contributed by atoms with Crippen LogP contribution in [0.25, 0.3) is 6.08 Å². The molecule has 144 valence electrons. The number of carbonyl (C=O) groups is 3. The third kappa shape index (κ3) is 4.69. The lowest BCUT2D eigenvalue weighted by Crippen LogP contribution is -2.51. The molecule has 0 aliphatic carbocycles. The summed E-state index contributed by atoms with van der Waals surface area (Å²) in [5.74, 6) is -0.538. The molecule has 0 bridgehead atoms. The fraction of sp³-hybridized carbons (Fsp3) is 0.150. The minimum absolute atomic E-state index is 0.172. The van der Waals surface area contributed by atoms with Gasteiger partial charge in [-0.3, -0.25) is 20.2 Å². The molecule has 7 nitrogen and oxygen atoms in total. The number of benzene rings is 2. The number of urea groups is 1. The summed E-state index contributed by atoms with van der Waals surface area (Å²) in [7, 11) is 0. The van der Waals surface area contributed by atoms with Crippen molar-refractivity contribution in [1.29, 1.82) is 0 Å². The largest absolute Gasteiger partial charge is 0.490 e. The second-order valence-electron chi connectivity index (χ2n) is 5.85. The zero-order valence-corrected chi connectivity index (χ0v) is 15.7. The lowest BCUT2D eigenvalue weighted by atomic mass is 10.1. The summed E-state index contributed by atoms with van der Waals surface area (Å²) in [6, 6.07) is 11.5. The molecule has 0 atom stereocenters. The molecule has 1 aliphatic heterocycles. The molecule has 2 N–H and O–H groups in total. The number of hydrogen-bond donors (Lipinski definition) is 2. The molecule has 1 fully saturated rings. The summed E-state index contributed by atoms with van der Waals surface area (Å²) in [4.78, 5) is 34.9. The van der Waals surface area contributed by atoms with Gasteiger partial charge in [0.2, 0.25) is 0 Å². The second-order valence-corrected chi connectivity index (χ2v) is 6.29. The van der Waals surface area contributed by atoms with Crippen LogP contribution in [0.4, 0.5) is 4.79 Å². The van der Waals surface area contributed by atoms with E-state index in [1.165, 1.54) is 6.08 Å². The summed E-state index contributed by atoms with van der Waals surface area (Å²) in [5, 5.41) is 4.68. The molecule has 0 spiro atoms. The van der Waals surface area contributed by atoms with Crippen molar-refractivity contribution in [2.24, 2.45) is 0 Å². The number of nitrogens with one attached hydrogen (secondary N) is 2. The van der Waals surface area contributed by atoms with Crippen LogP contribution in [0.1, 0.15) is 18.1 Å². The van der Waals surface area contributed by atoms with Crippen LogP contribution >= 0.6 is 11.6 Å². The molecular weight excluding hydrogens is 384 g/mol. The predicted molar refractivity (Wildman–Crippen MR) is 103 cm³/mol. The van der Waals surface area contributed by atoms with Gasteiger partial charge in [-0.05, 0) is 48.4 Å². The van der Waals surface area contributed by atoms with Gasteiger partial charge in [-0.2, -0.15) is 0 Å². The van der Waals surface area contributed by atoms with Gasteiger partial charge in [-0.1, -0.05) is 29.8 Å². The first kappa shape index (κ1) is 19.4. The number of carbonyl (C=O) groups excluding carboxylic acids is 3. The van der Waals surface area contributed by atoms with E-state index in [0.717, 1.165) is 5.56 Å². The highest BCUT2D eigenvalue weighted by Gasteiger charge is 2.27. The van der Waals surface area contributed by atoms with Crippen LogP contribution in [0.15, 0.2) is 48.0 Å². The Kier molecular flexibility index (Phi) is 5.96. The number of hydrogen-bond acceptors (Lipinski definition) is 5. The number of halogens is 1. The van der Waals surface area contributed by atoms with Crippen molar-refractivity contribution in [3.8, 4) is 11.5 Å². The fourth-order valence-electron chi connectivity index (χ4n) is 2.56. The first-order valence-corrected chi connectivity index (χ1v) is 8.86. The Balaban J connectivity index is 1.82. The molecule has 0 saturated carbocycles. The topological polar surface area (TPSA) is 93.7 Å². The first-order chi connectivity index (χ1) is 13.5. The van der Waals surface area contributed by atoms with Crippen molar-refractivity contribution in [3.63, 3.8) is 0 Å². The number of barbiturate groups is 1. The van der Waals surface area contributed by atoms with Crippen molar-refractivity contribution < 1.29 is 23.9 Å². The van der Waals surface area contributed by atoms with Gasteiger partial charge in [0.25, 0.3) is 11.8 Å². The minimum Gasteiger partial charge on any atom is -0.490 e. The third-order valence-corrected chi connectivity index (χ3v) is 4.04. The molecule has 3 rings (SSSR count). The third-order valence-electron chi connectivity index (χ3n) is 3.81. The van der Waals surface area contributed by atoms with E-state index in [1.54, 1.807) is 24.3 Å². The quantitative estimate of drug-likeness (QED) is 0.574. The van der Waals surface area contributed by atoms with E-state index in [1.807, 2.05) is 35.8 Å². The number of imide groups is 2. The smallest absolute Gasteiger partial charge is 0.328 e. The van der Waals surface area contributed by atoms with Gasteiger partial charge in [-0.15, -0.1) is 0 Å². The molecule has 8 heteroatoms. The Morgan fingerprint density at radius 2 is 1.71 bits per heavy atom. The van der Waals surface area contributed by atoms with Gasteiger partial charge in [-0.25, -0.2) is 4.79 Å². The van der Waals surface area contributed by atoms with Gasteiger partial charge in [0.1, 0.15) is 12.2 Å². The summed E-state index contributed by atoms with van der Waals surface area (Å²) in [6.07, 6.45) is 1.38. The Morgan fingerprint density at radius 3 is 2.39 bits per heavy atom. The molecule has 4 amide bonds. The molecule has 0 unspecified atom stereocenters. The first-order valence-electron chi connectivity index (χ1n) is 8.48. The Bertz CT molecular complexity index is 949. The van der Waals surface area contributed by atoms with Gasteiger partial charge < -0.3 is 9.47 Å². The standard InChI is InChI=1S/C20H17ClN2O5/c1-2-27-17-10-12(9-15-18(24)22-20(26)23-19(15)25)6-7-16(17)28-11-13-4-3-5-14(21)8-13/h3-10H,2,11H2,1H3,(H2,22,23,24,25,26). The zero-order valence-electron chi connectivity index (χ0n) is 15.0. The van der Waals surface area contributed by atoms with Crippen LogP contribution in [-0.2, 0) is 16.2 Å². The molecule has 0 aromatic heterocycles. The molecule has 1 aliphatic rings. The molecule has 2 aromatic rings. The number of rotatable bonds is 6. The summed E-state index contributed by atoms with van der Waals surface area (Å²) >= 11 is 5.98. The lowest BCUT2D eigenvalue weighted by molar-refractivity contribution is -0.123. The molecular formula is C20H17ClN2O5. The molecule has 28 heavy (non-hydrogen) atoms. The van der Waals surface area contributed by atoms with Crippen LogP contribution in [0.5, 0.6) is 11.5 Å². The Morgan fingerprint density at radius 1 is 0.964 bits per heavy atom. The van der Waals surface area contributed by atoms with E-state index in [4.69, 9.17) is 21.1 Å². The monoisotopic (exact) mass is 400 g/mol. The van der Waals surface area contributed by atoms with Crippen LogP contribution in [-0.4, -0.2) is 24.5 Å². The zero-order chi connectivity index (χ0) is 20.1. The van der Waals surface area contributed by atoms with E-state index < -0.39 is 17.8 Å². The van der Waals surface area contributed by atoms with E-state index in [0.29, 0.717) is 35.3 Å². The second kappa shape index (κ2) is 8.58. The van der Waals surface area contributed by atoms with Crippen LogP contribution in [0.3, 0.4) is 0 Å². The van der Waals surface area contributed by atoms with Gasteiger partial charge in [0.05, 0.1) is 6.61 Å². The maximum Gasteiger partial charge on any atom is 0.328 e. The van der Waals surface area contributed by atoms with Crippen molar-refractivity contribution in [2.45, 2.75) is 13.5 Å². The SMILES string of the molecule is CCOc1cc(C=C2C(=O)NC(=O)NC2=O)ccc1OCc1cccc(Cl)c1. The molecule has 1 saturated heterocycles. The van der Waals surface area contributed by atoms with Crippen molar-refractivity contribution >= 4 is 35.5 Å². The van der Waals surface area contributed by atoms with Crippen molar-refractivity contribution in [3.05, 3.63) is 64.2 Å². The van der Waals surface area contributed by atoms with Crippen LogP contribution in [0.2, 0.25) is 5.02 Å². The average Bonchev–Trinajstić information content (AvgIpc) is 2.64. The summed E-state index contributed by atoms with van der Waals surface area (Å²) < 4.78 is 11.4. The van der Waals surface area contributed by atoms with Crippen LogP contribution in [0, 0.1) is 0 Å². The van der Waals surface area contributed by atoms with E-state index in [-0.39, 0.29) is 5.57 Å². The normalized spacial score (nSPS) is 13.6. The maximum atomic E-state index is 11.9. The highest BCUT2D eigenvalue weighted by atomic mass is 35.5. The summed E-state index contributed by atoms with van der Waals surface area (Å²) in [5.41, 5.74) is 1.28. The Labute approximate surface area is 166 Å². The Hall–Kier alpha value is -3.32. The van der Waals surface area contributed by atoms with E-state index in [2.05, 4.69) is 0 Å². The molecule has 1 heterocycles. The molecule has 2 aromatic carbocycles. The van der Waals surface area contributed by atoms with Crippen molar-refractivity contribution in [2.75, 3.05) is 6.61 Å². The predicted octanol–water partition coefficient (Wildman–Crippen LogP) is 3.07. The number of amides is 4. The van der Waals surface area contributed by atoms with Gasteiger partial charge in [0, 0.05) is 5.02 Å². The van der Waals surface area contributed by atoms with E-state index >= 15 is 0 Å². The maximum absolute atomic E-state index is 11.9. The highest BCUT2D eigenvalue weighted by Crippen LogP contribution is 2.30.